The molecule has 11 heteroatoms. The normalized spacial score (nSPS) is 13.1. The van der Waals surface area contributed by atoms with Crippen LogP contribution in [0.15, 0.2) is 47.4 Å². The second-order valence-corrected chi connectivity index (χ2v) is 9.08. The van der Waals surface area contributed by atoms with Gasteiger partial charge in [0.25, 0.3) is 0 Å². The second kappa shape index (κ2) is 11.8. The van der Waals surface area contributed by atoms with Gasteiger partial charge in [-0.15, -0.1) is 0 Å². The molecule has 0 atom stereocenters. The third-order valence-electron chi connectivity index (χ3n) is 4.83. The Bertz CT molecular complexity index is 1030. The van der Waals surface area contributed by atoms with Gasteiger partial charge in [0.05, 0.1) is 4.90 Å². The Morgan fingerprint density at radius 1 is 1.00 bits per heavy atom. The van der Waals surface area contributed by atoms with E-state index in [0.29, 0.717) is 50.4 Å². The summed E-state index contributed by atoms with van der Waals surface area (Å²) in [5.74, 6) is 0.855. The molecular formula is C22H26F2N2O6S. The van der Waals surface area contributed by atoms with Crippen molar-refractivity contribution < 1.29 is 36.2 Å². The largest absolute Gasteiger partial charge is 0.486 e. The molecule has 0 radical (unpaired) electrons. The fourth-order valence-corrected chi connectivity index (χ4v) is 4.23. The maximum absolute atomic E-state index is 12.4. The van der Waals surface area contributed by atoms with Crippen LogP contribution in [-0.4, -0.2) is 40.7 Å². The van der Waals surface area contributed by atoms with E-state index >= 15 is 0 Å². The third kappa shape index (κ3) is 7.86. The maximum atomic E-state index is 12.4. The number of hydrogen-bond acceptors (Lipinski definition) is 6. The van der Waals surface area contributed by atoms with Crippen LogP contribution in [0.25, 0.3) is 0 Å². The molecule has 2 aromatic carbocycles. The van der Waals surface area contributed by atoms with Gasteiger partial charge >= 0.3 is 6.61 Å². The van der Waals surface area contributed by atoms with Gasteiger partial charge in [0.2, 0.25) is 15.9 Å². The molecule has 2 N–H and O–H groups in total. The Balaban J connectivity index is 1.30. The van der Waals surface area contributed by atoms with E-state index in [4.69, 9.17) is 9.47 Å². The Morgan fingerprint density at radius 2 is 1.73 bits per heavy atom. The molecule has 33 heavy (non-hydrogen) atoms. The van der Waals surface area contributed by atoms with Gasteiger partial charge in [-0.1, -0.05) is 18.6 Å². The first-order valence-electron chi connectivity index (χ1n) is 10.5. The molecule has 1 amide bonds. The van der Waals surface area contributed by atoms with Crippen molar-refractivity contribution in [3.05, 3.63) is 48.0 Å². The van der Waals surface area contributed by atoms with E-state index < -0.39 is 16.6 Å². The predicted molar refractivity (Wildman–Crippen MR) is 116 cm³/mol. The van der Waals surface area contributed by atoms with Crippen LogP contribution in [0.4, 0.5) is 8.78 Å². The molecule has 0 fully saturated rings. The summed E-state index contributed by atoms with van der Waals surface area (Å²) in [5, 5.41) is 2.76. The number of alkyl halides is 2. The zero-order valence-corrected chi connectivity index (χ0v) is 18.7. The summed E-state index contributed by atoms with van der Waals surface area (Å²) in [4.78, 5) is 12.1. The number of fused-ring (bicyclic) bond motifs is 1. The van der Waals surface area contributed by atoms with Crippen LogP contribution in [0, 0.1) is 0 Å². The Kier molecular flexibility index (Phi) is 8.84. The molecule has 0 spiro atoms. The number of sulfonamides is 1. The van der Waals surface area contributed by atoms with E-state index in [2.05, 4.69) is 14.8 Å². The summed E-state index contributed by atoms with van der Waals surface area (Å²) in [6.45, 7) is -1.53. The molecule has 0 saturated carbocycles. The fourth-order valence-electron chi connectivity index (χ4n) is 3.15. The Labute approximate surface area is 191 Å². The summed E-state index contributed by atoms with van der Waals surface area (Å²) in [5.41, 5.74) is 0.763. The maximum Gasteiger partial charge on any atom is 0.387 e. The van der Waals surface area contributed by atoms with Gasteiger partial charge < -0.3 is 19.5 Å². The van der Waals surface area contributed by atoms with Gasteiger partial charge in [0.1, 0.15) is 19.0 Å². The Hall–Kier alpha value is -2.92. The molecule has 3 rings (SSSR count). The summed E-state index contributed by atoms with van der Waals surface area (Å²) in [7, 11) is -3.66. The third-order valence-corrected chi connectivity index (χ3v) is 6.29. The van der Waals surface area contributed by atoms with Gasteiger partial charge in [-0.3, -0.25) is 4.79 Å². The number of unbranched alkanes of at least 4 members (excludes halogenated alkanes) is 2. The number of halogens is 2. The lowest BCUT2D eigenvalue weighted by molar-refractivity contribution is -0.121. The van der Waals surface area contributed by atoms with Crippen LogP contribution < -0.4 is 24.2 Å². The number of ether oxygens (including phenoxy) is 3. The van der Waals surface area contributed by atoms with E-state index in [9.17, 15) is 22.0 Å². The van der Waals surface area contributed by atoms with E-state index in [-0.39, 0.29) is 29.6 Å². The molecular weight excluding hydrogens is 458 g/mol. The minimum atomic E-state index is -3.66. The number of benzene rings is 2. The topological polar surface area (TPSA) is 103 Å². The number of hydrogen-bond donors (Lipinski definition) is 2. The number of carbonyl (C=O) groups excluding carboxylic acids is 1. The van der Waals surface area contributed by atoms with Crippen LogP contribution in [0.5, 0.6) is 17.2 Å². The van der Waals surface area contributed by atoms with E-state index in [1.165, 1.54) is 24.3 Å². The molecule has 1 aliphatic heterocycles. The number of nitrogens with one attached hydrogen (secondary N) is 2. The van der Waals surface area contributed by atoms with Crippen molar-refractivity contribution in [2.75, 3.05) is 19.8 Å². The summed E-state index contributed by atoms with van der Waals surface area (Å²) in [6.07, 6.45) is 2.18. The van der Waals surface area contributed by atoms with Crippen molar-refractivity contribution in [1.82, 2.24) is 10.0 Å². The van der Waals surface area contributed by atoms with Crippen LogP contribution in [0.3, 0.4) is 0 Å². The highest BCUT2D eigenvalue weighted by molar-refractivity contribution is 7.89. The first kappa shape index (κ1) is 24.7. The highest BCUT2D eigenvalue weighted by atomic mass is 32.2. The molecule has 2 aromatic rings. The molecule has 1 heterocycles. The zero-order valence-electron chi connectivity index (χ0n) is 17.9. The van der Waals surface area contributed by atoms with Gasteiger partial charge in [-0.05, 0) is 42.7 Å². The van der Waals surface area contributed by atoms with Gasteiger partial charge in [-0.25, -0.2) is 13.1 Å². The predicted octanol–water partition coefficient (Wildman–Crippen LogP) is 3.21. The summed E-state index contributed by atoms with van der Waals surface area (Å²) < 4.78 is 66.8. The average molecular weight is 485 g/mol. The SMILES string of the molecule is O=C(CCCCCNS(=O)(=O)c1ccc2c(c1)OCCO2)NCc1ccc(OC(F)F)cc1. The van der Waals surface area contributed by atoms with Crippen molar-refractivity contribution in [1.29, 1.82) is 0 Å². The lowest BCUT2D eigenvalue weighted by Gasteiger charge is -2.18. The van der Waals surface area contributed by atoms with Crippen molar-refractivity contribution in [3.8, 4) is 17.2 Å². The minimum absolute atomic E-state index is 0.0599. The van der Waals surface area contributed by atoms with Gasteiger partial charge in [0.15, 0.2) is 11.5 Å². The quantitative estimate of drug-likeness (QED) is 0.449. The number of rotatable bonds is 12. The molecule has 0 saturated heterocycles. The Morgan fingerprint density at radius 3 is 2.45 bits per heavy atom. The van der Waals surface area contributed by atoms with Crippen LogP contribution in [-0.2, 0) is 21.4 Å². The summed E-state index contributed by atoms with van der Waals surface area (Å²) in [6, 6.07) is 10.5. The highest BCUT2D eigenvalue weighted by Crippen LogP contribution is 2.32. The zero-order chi connectivity index (χ0) is 23.7. The molecule has 0 aliphatic carbocycles. The fraction of sp³-hybridized carbons (Fsp3) is 0.409. The highest BCUT2D eigenvalue weighted by Gasteiger charge is 2.19. The van der Waals surface area contributed by atoms with E-state index in [1.807, 2.05) is 0 Å². The molecule has 1 aliphatic rings. The van der Waals surface area contributed by atoms with Crippen LogP contribution in [0.2, 0.25) is 0 Å². The lowest BCUT2D eigenvalue weighted by Crippen LogP contribution is -2.25. The number of amides is 1. The second-order valence-electron chi connectivity index (χ2n) is 7.31. The van der Waals surface area contributed by atoms with Crippen molar-refractivity contribution in [3.63, 3.8) is 0 Å². The smallest absolute Gasteiger partial charge is 0.387 e. The number of carbonyl (C=O) groups is 1. The van der Waals surface area contributed by atoms with Gasteiger partial charge in [0, 0.05) is 25.6 Å². The lowest BCUT2D eigenvalue weighted by atomic mass is 10.2. The molecule has 8 nitrogen and oxygen atoms in total. The van der Waals surface area contributed by atoms with Crippen molar-refractivity contribution in [2.45, 2.75) is 43.7 Å². The van der Waals surface area contributed by atoms with Crippen molar-refractivity contribution >= 4 is 15.9 Å². The van der Waals surface area contributed by atoms with E-state index in [0.717, 1.165) is 5.56 Å². The van der Waals surface area contributed by atoms with Crippen LogP contribution >= 0.6 is 0 Å². The molecule has 0 unspecified atom stereocenters. The minimum Gasteiger partial charge on any atom is -0.486 e. The molecule has 0 aromatic heterocycles. The summed E-state index contributed by atoms with van der Waals surface area (Å²) >= 11 is 0. The van der Waals surface area contributed by atoms with E-state index in [1.54, 1.807) is 18.2 Å². The van der Waals surface area contributed by atoms with Gasteiger partial charge in [-0.2, -0.15) is 8.78 Å². The first-order chi connectivity index (χ1) is 15.8. The molecule has 0 bridgehead atoms. The molecule has 180 valence electrons. The standard InChI is InChI=1S/C22H26F2N2O6S/c23-22(24)32-17-7-5-16(6-8-17)15-25-21(27)4-2-1-3-11-26-33(28,29)18-9-10-19-20(14-18)31-13-12-30-19/h5-10,14,22,26H,1-4,11-13,15H2,(H,25,27). The first-order valence-corrected chi connectivity index (χ1v) is 12.0. The van der Waals surface area contributed by atoms with Crippen molar-refractivity contribution in [2.24, 2.45) is 0 Å². The monoisotopic (exact) mass is 484 g/mol. The van der Waals surface area contributed by atoms with Crippen LogP contribution in [0.1, 0.15) is 31.2 Å². The average Bonchev–Trinajstić information content (AvgIpc) is 2.80.